The van der Waals surface area contributed by atoms with E-state index in [0.717, 1.165) is 11.1 Å². The summed E-state index contributed by atoms with van der Waals surface area (Å²) < 4.78 is 10.8. The molecule has 6 heteroatoms. The van der Waals surface area contributed by atoms with Crippen LogP contribution < -0.4 is 10.5 Å². The summed E-state index contributed by atoms with van der Waals surface area (Å²) in [7, 11) is 1.59. The second-order valence-electron chi connectivity index (χ2n) is 3.91. The van der Waals surface area contributed by atoms with E-state index in [2.05, 4.69) is 10.2 Å². The van der Waals surface area contributed by atoms with Gasteiger partial charge in [-0.15, -0.1) is 10.2 Å². The van der Waals surface area contributed by atoms with E-state index in [0.29, 0.717) is 28.1 Å². The van der Waals surface area contributed by atoms with Crippen molar-refractivity contribution in [3.8, 4) is 17.2 Å². The molecule has 2 N–H and O–H groups in total. The van der Waals surface area contributed by atoms with Crippen LogP contribution in [0, 0.1) is 13.8 Å². The Balaban J connectivity index is 2.65. The Bertz CT molecular complexity index is 581. The summed E-state index contributed by atoms with van der Waals surface area (Å²) in [5.74, 6) is 1.40. The number of aromatic nitrogens is 2. The monoisotopic (exact) mass is 267 g/mol. The van der Waals surface area contributed by atoms with Crippen molar-refractivity contribution >= 4 is 11.6 Å². The summed E-state index contributed by atoms with van der Waals surface area (Å²) in [6.45, 7) is 4.01. The predicted molar refractivity (Wildman–Crippen MR) is 68.7 cm³/mol. The number of aryl methyl sites for hydroxylation is 1. The molecular weight excluding hydrogens is 254 g/mol. The fourth-order valence-electron chi connectivity index (χ4n) is 1.79. The quantitative estimate of drug-likeness (QED) is 0.925. The van der Waals surface area contributed by atoms with Crippen LogP contribution in [0.4, 0.5) is 0 Å². The minimum absolute atomic E-state index is 0.202. The lowest BCUT2D eigenvalue weighted by molar-refractivity contribution is 0.413. The summed E-state index contributed by atoms with van der Waals surface area (Å²) in [5.41, 5.74) is 7.95. The lowest BCUT2D eigenvalue weighted by atomic mass is 10.0. The van der Waals surface area contributed by atoms with Crippen molar-refractivity contribution in [2.75, 3.05) is 7.11 Å². The minimum atomic E-state index is 0.202. The van der Waals surface area contributed by atoms with E-state index in [4.69, 9.17) is 26.5 Å². The van der Waals surface area contributed by atoms with Gasteiger partial charge < -0.3 is 14.9 Å². The van der Waals surface area contributed by atoms with Gasteiger partial charge in [0.1, 0.15) is 5.75 Å². The van der Waals surface area contributed by atoms with Gasteiger partial charge in [0.25, 0.3) is 5.89 Å². The number of benzene rings is 1. The van der Waals surface area contributed by atoms with Gasteiger partial charge in [0, 0.05) is 5.02 Å². The van der Waals surface area contributed by atoms with E-state index >= 15 is 0 Å². The average molecular weight is 268 g/mol. The second kappa shape index (κ2) is 4.96. The Morgan fingerprint density at radius 3 is 2.67 bits per heavy atom. The zero-order valence-electron chi connectivity index (χ0n) is 10.5. The molecule has 0 saturated heterocycles. The summed E-state index contributed by atoms with van der Waals surface area (Å²) in [6, 6.07) is 1.84. The van der Waals surface area contributed by atoms with Crippen LogP contribution in [0.1, 0.15) is 17.0 Å². The SMILES string of the molecule is COc1cc(C)c(Cl)c(C)c1-c1nnc(CN)o1. The first-order chi connectivity index (χ1) is 8.58. The fraction of sp³-hybridized carbons (Fsp3) is 0.333. The maximum absolute atomic E-state index is 6.23. The van der Waals surface area contributed by atoms with Gasteiger partial charge in [0.2, 0.25) is 5.89 Å². The molecule has 1 heterocycles. The van der Waals surface area contributed by atoms with Crippen LogP contribution in [0.25, 0.3) is 11.5 Å². The standard InChI is InChI=1S/C12H14ClN3O2/c1-6-4-8(17-3)10(7(2)11(6)13)12-16-15-9(5-14)18-12/h4H,5,14H2,1-3H3. The maximum Gasteiger partial charge on any atom is 0.251 e. The van der Waals surface area contributed by atoms with Crippen molar-refractivity contribution in [3.63, 3.8) is 0 Å². The van der Waals surface area contributed by atoms with E-state index in [1.165, 1.54) is 0 Å². The van der Waals surface area contributed by atoms with Gasteiger partial charge in [-0.25, -0.2) is 0 Å². The van der Waals surface area contributed by atoms with Crippen LogP contribution in [0.3, 0.4) is 0 Å². The van der Waals surface area contributed by atoms with E-state index in [9.17, 15) is 0 Å². The third kappa shape index (κ3) is 2.07. The largest absolute Gasteiger partial charge is 0.496 e. The smallest absolute Gasteiger partial charge is 0.251 e. The average Bonchev–Trinajstić information content (AvgIpc) is 2.83. The third-order valence-corrected chi connectivity index (χ3v) is 3.30. The van der Waals surface area contributed by atoms with Gasteiger partial charge >= 0.3 is 0 Å². The number of halogens is 1. The number of hydrogen-bond donors (Lipinski definition) is 1. The molecule has 2 rings (SSSR count). The minimum Gasteiger partial charge on any atom is -0.496 e. The number of ether oxygens (including phenoxy) is 1. The first kappa shape index (κ1) is 12.9. The Labute approximate surface area is 110 Å². The van der Waals surface area contributed by atoms with Crippen LogP contribution in [0.5, 0.6) is 5.75 Å². The van der Waals surface area contributed by atoms with Gasteiger partial charge in [-0.2, -0.15) is 0 Å². The molecule has 96 valence electrons. The van der Waals surface area contributed by atoms with E-state index in [-0.39, 0.29) is 6.54 Å². The van der Waals surface area contributed by atoms with Crippen molar-refractivity contribution in [2.45, 2.75) is 20.4 Å². The molecule has 0 fully saturated rings. The summed E-state index contributed by atoms with van der Waals surface area (Å²) in [4.78, 5) is 0. The van der Waals surface area contributed by atoms with Crippen molar-refractivity contribution in [1.82, 2.24) is 10.2 Å². The molecule has 2 aromatic rings. The van der Waals surface area contributed by atoms with Crippen molar-refractivity contribution < 1.29 is 9.15 Å². The van der Waals surface area contributed by atoms with E-state index < -0.39 is 0 Å². The molecule has 0 unspecified atom stereocenters. The lowest BCUT2D eigenvalue weighted by Crippen LogP contribution is -1.95. The summed E-state index contributed by atoms with van der Waals surface area (Å²) in [5, 5.41) is 8.47. The predicted octanol–water partition coefficient (Wildman–Crippen LogP) is 2.47. The van der Waals surface area contributed by atoms with Gasteiger partial charge in [-0.3, -0.25) is 0 Å². The molecule has 0 radical (unpaired) electrons. The highest BCUT2D eigenvalue weighted by molar-refractivity contribution is 6.32. The van der Waals surface area contributed by atoms with E-state index in [1.807, 2.05) is 19.9 Å². The molecule has 0 amide bonds. The zero-order chi connectivity index (χ0) is 13.3. The molecule has 1 aromatic heterocycles. The summed E-state index contributed by atoms with van der Waals surface area (Å²) in [6.07, 6.45) is 0. The molecule has 0 spiro atoms. The van der Waals surface area contributed by atoms with Crippen LogP contribution in [0.15, 0.2) is 10.5 Å². The van der Waals surface area contributed by atoms with Crippen LogP contribution >= 0.6 is 11.6 Å². The molecule has 0 aliphatic carbocycles. The normalized spacial score (nSPS) is 10.7. The lowest BCUT2D eigenvalue weighted by Gasteiger charge is -2.12. The topological polar surface area (TPSA) is 74.2 Å². The van der Waals surface area contributed by atoms with Gasteiger partial charge in [0.15, 0.2) is 0 Å². The van der Waals surface area contributed by atoms with Crippen LogP contribution in [-0.2, 0) is 6.54 Å². The molecule has 5 nitrogen and oxygen atoms in total. The van der Waals surface area contributed by atoms with Crippen molar-refractivity contribution in [2.24, 2.45) is 5.73 Å². The van der Waals surface area contributed by atoms with Crippen molar-refractivity contribution in [1.29, 1.82) is 0 Å². The van der Waals surface area contributed by atoms with E-state index in [1.54, 1.807) is 7.11 Å². The Kier molecular flexibility index (Phi) is 3.54. The van der Waals surface area contributed by atoms with Crippen molar-refractivity contribution in [3.05, 3.63) is 28.1 Å². The third-order valence-electron chi connectivity index (χ3n) is 2.72. The first-order valence-corrected chi connectivity index (χ1v) is 5.82. The molecule has 0 atom stereocenters. The summed E-state index contributed by atoms with van der Waals surface area (Å²) >= 11 is 6.23. The molecular formula is C12H14ClN3O2. The van der Waals surface area contributed by atoms with Crippen LogP contribution in [0.2, 0.25) is 5.02 Å². The number of methoxy groups -OCH3 is 1. The number of nitrogens with two attached hydrogens (primary N) is 1. The molecule has 0 bridgehead atoms. The van der Waals surface area contributed by atoms with Crippen LogP contribution in [-0.4, -0.2) is 17.3 Å². The zero-order valence-corrected chi connectivity index (χ0v) is 11.2. The maximum atomic E-state index is 6.23. The molecule has 0 aliphatic rings. The number of hydrogen-bond acceptors (Lipinski definition) is 5. The molecule has 0 saturated carbocycles. The Morgan fingerprint density at radius 1 is 1.39 bits per heavy atom. The molecule has 1 aromatic carbocycles. The number of rotatable bonds is 3. The second-order valence-corrected chi connectivity index (χ2v) is 4.29. The van der Waals surface area contributed by atoms with Gasteiger partial charge in [-0.05, 0) is 31.0 Å². The molecule has 18 heavy (non-hydrogen) atoms. The highest BCUT2D eigenvalue weighted by Crippen LogP contribution is 2.38. The van der Waals surface area contributed by atoms with Gasteiger partial charge in [-0.1, -0.05) is 11.6 Å². The fourth-order valence-corrected chi connectivity index (χ4v) is 1.94. The highest BCUT2D eigenvalue weighted by Gasteiger charge is 2.19. The number of nitrogens with zero attached hydrogens (tertiary/aromatic N) is 2. The Morgan fingerprint density at radius 2 is 2.11 bits per heavy atom. The van der Waals surface area contributed by atoms with Gasteiger partial charge in [0.05, 0.1) is 19.2 Å². The molecule has 0 aliphatic heterocycles. The Hall–Kier alpha value is -1.59. The highest BCUT2D eigenvalue weighted by atomic mass is 35.5. The first-order valence-electron chi connectivity index (χ1n) is 5.45.